The normalized spacial score (nSPS) is 19.8. The molecule has 0 bridgehead atoms. The lowest BCUT2D eigenvalue weighted by Crippen LogP contribution is -2.40. The predicted molar refractivity (Wildman–Crippen MR) is 113 cm³/mol. The number of nitrogens with one attached hydrogen (secondary N) is 2. The summed E-state index contributed by atoms with van der Waals surface area (Å²) in [5.74, 6) is -0.121. The second kappa shape index (κ2) is 9.22. The van der Waals surface area contributed by atoms with Crippen molar-refractivity contribution in [3.8, 4) is 5.75 Å². The van der Waals surface area contributed by atoms with Gasteiger partial charge in [-0.1, -0.05) is 0 Å². The standard InChI is InChI=1S/C22H25FN4O4/c23-16-11-20-18(26-21(28)13-31-20)10-15(16)22(29)27-8-4-14(5-9-27)12-30-19-2-1-7-25-17(19)3-6-24/h1-3,7,10-11,14,25H,4-6,8-9,12-13,24H2,(H,26,28)/b17-3-. The van der Waals surface area contributed by atoms with Gasteiger partial charge in [-0.15, -0.1) is 0 Å². The Morgan fingerprint density at radius 3 is 2.94 bits per heavy atom. The number of halogens is 1. The molecule has 0 aromatic heterocycles. The Morgan fingerprint density at radius 2 is 2.16 bits per heavy atom. The number of allylic oxidation sites excluding steroid dienone is 2. The lowest BCUT2D eigenvalue weighted by atomic mass is 9.97. The predicted octanol–water partition coefficient (Wildman–Crippen LogP) is 1.87. The Kier molecular flexibility index (Phi) is 6.22. The summed E-state index contributed by atoms with van der Waals surface area (Å²) in [6, 6.07) is 2.50. The first-order chi connectivity index (χ1) is 15.0. The van der Waals surface area contributed by atoms with Gasteiger partial charge in [-0.3, -0.25) is 9.59 Å². The first-order valence-electron chi connectivity index (χ1n) is 10.3. The van der Waals surface area contributed by atoms with Gasteiger partial charge >= 0.3 is 0 Å². The van der Waals surface area contributed by atoms with E-state index in [1.165, 1.54) is 6.07 Å². The molecular formula is C22H25FN4O4. The van der Waals surface area contributed by atoms with Crippen molar-refractivity contribution in [2.45, 2.75) is 12.8 Å². The largest absolute Gasteiger partial charge is 0.491 e. The molecule has 4 N–H and O–H groups in total. The van der Waals surface area contributed by atoms with Crippen molar-refractivity contribution >= 4 is 17.5 Å². The first kappa shape index (κ1) is 20.9. The van der Waals surface area contributed by atoms with Crippen LogP contribution in [0.15, 0.2) is 48.0 Å². The summed E-state index contributed by atoms with van der Waals surface area (Å²) in [7, 11) is 0. The van der Waals surface area contributed by atoms with Crippen molar-refractivity contribution in [2.75, 3.05) is 38.2 Å². The van der Waals surface area contributed by atoms with Crippen LogP contribution in [0.3, 0.4) is 0 Å². The molecule has 3 aliphatic heterocycles. The molecule has 0 atom stereocenters. The SMILES string of the molecule is NC/C=C1\NC=CC=C1OCC1CCN(C(=O)c2cc3c(cc2F)OCC(=O)N3)CC1. The van der Waals surface area contributed by atoms with Crippen LogP contribution in [0.25, 0.3) is 0 Å². The number of hydrogen-bond donors (Lipinski definition) is 3. The number of benzene rings is 1. The topological polar surface area (TPSA) is 106 Å². The molecule has 9 heteroatoms. The highest BCUT2D eigenvalue weighted by molar-refractivity contribution is 6.00. The van der Waals surface area contributed by atoms with Crippen LogP contribution >= 0.6 is 0 Å². The van der Waals surface area contributed by atoms with E-state index < -0.39 is 11.7 Å². The van der Waals surface area contributed by atoms with Gasteiger partial charge in [0, 0.05) is 31.9 Å². The van der Waals surface area contributed by atoms with E-state index in [2.05, 4.69) is 10.6 Å². The number of hydrogen-bond acceptors (Lipinski definition) is 6. The van der Waals surface area contributed by atoms with E-state index in [0.29, 0.717) is 31.9 Å². The average molecular weight is 428 g/mol. The third kappa shape index (κ3) is 4.72. The summed E-state index contributed by atoms with van der Waals surface area (Å²) in [6.07, 6.45) is 8.94. The Balaban J connectivity index is 1.34. The van der Waals surface area contributed by atoms with Crippen LogP contribution in [0, 0.1) is 11.7 Å². The number of fused-ring (bicyclic) bond motifs is 1. The Morgan fingerprint density at radius 1 is 1.35 bits per heavy atom. The fraction of sp³-hybridized carbons (Fsp3) is 0.364. The fourth-order valence-corrected chi connectivity index (χ4v) is 3.78. The number of anilines is 1. The number of ether oxygens (including phenoxy) is 2. The lowest BCUT2D eigenvalue weighted by Gasteiger charge is -2.32. The number of carbonyl (C=O) groups is 2. The lowest BCUT2D eigenvalue weighted by molar-refractivity contribution is -0.118. The van der Waals surface area contributed by atoms with Gasteiger partial charge in [0.2, 0.25) is 0 Å². The minimum absolute atomic E-state index is 0.0685. The summed E-state index contributed by atoms with van der Waals surface area (Å²) >= 11 is 0. The number of rotatable bonds is 5. The summed E-state index contributed by atoms with van der Waals surface area (Å²) in [6.45, 7) is 1.79. The highest BCUT2D eigenvalue weighted by Crippen LogP contribution is 2.31. The number of dihydropyridines is 1. The van der Waals surface area contributed by atoms with E-state index >= 15 is 0 Å². The molecule has 3 heterocycles. The number of amides is 2. The van der Waals surface area contributed by atoms with E-state index in [-0.39, 0.29) is 29.7 Å². The zero-order valence-electron chi connectivity index (χ0n) is 17.0. The maximum Gasteiger partial charge on any atom is 0.262 e. The third-order valence-corrected chi connectivity index (χ3v) is 5.48. The summed E-state index contributed by atoms with van der Waals surface area (Å²) in [5, 5.41) is 5.72. The molecule has 164 valence electrons. The number of nitrogens with zero attached hydrogens (tertiary/aromatic N) is 1. The Hall–Kier alpha value is -3.33. The van der Waals surface area contributed by atoms with Crippen LogP contribution in [-0.4, -0.2) is 49.6 Å². The monoisotopic (exact) mass is 428 g/mol. The second-order valence-corrected chi connectivity index (χ2v) is 7.60. The molecule has 0 spiro atoms. The van der Waals surface area contributed by atoms with Crippen LogP contribution in [0.5, 0.6) is 5.75 Å². The van der Waals surface area contributed by atoms with Crippen LogP contribution in [0.2, 0.25) is 0 Å². The van der Waals surface area contributed by atoms with Crippen molar-refractivity contribution in [3.63, 3.8) is 0 Å². The van der Waals surface area contributed by atoms with E-state index in [4.69, 9.17) is 15.2 Å². The van der Waals surface area contributed by atoms with Crippen LogP contribution < -0.4 is 21.1 Å². The van der Waals surface area contributed by atoms with E-state index in [9.17, 15) is 14.0 Å². The average Bonchev–Trinajstić information content (AvgIpc) is 2.78. The molecular weight excluding hydrogens is 403 g/mol. The summed E-state index contributed by atoms with van der Waals surface area (Å²) in [5.41, 5.74) is 6.68. The van der Waals surface area contributed by atoms with Crippen LogP contribution in [0.4, 0.5) is 10.1 Å². The minimum atomic E-state index is -0.658. The van der Waals surface area contributed by atoms with Crippen LogP contribution in [0.1, 0.15) is 23.2 Å². The van der Waals surface area contributed by atoms with Gasteiger partial charge in [0.05, 0.1) is 23.6 Å². The second-order valence-electron chi connectivity index (χ2n) is 7.60. The molecule has 31 heavy (non-hydrogen) atoms. The Bertz CT molecular complexity index is 965. The zero-order valence-corrected chi connectivity index (χ0v) is 17.0. The van der Waals surface area contributed by atoms with Gasteiger partial charge in [-0.05, 0) is 43.1 Å². The molecule has 1 fully saturated rings. The molecule has 1 saturated heterocycles. The molecule has 1 aromatic rings. The Labute approximate surface area is 179 Å². The van der Waals surface area contributed by atoms with Gasteiger partial charge in [0.15, 0.2) is 6.61 Å². The first-order valence-corrected chi connectivity index (χ1v) is 10.3. The molecule has 3 aliphatic rings. The molecule has 0 saturated carbocycles. The molecule has 4 rings (SSSR count). The highest BCUT2D eigenvalue weighted by Gasteiger charge is 2.28. The number of carbonyl (C=O) groups excluding carboxylic acids is 2. The summed E-state index contributed by atoms with van der Waals surface area (Å²) < 4.78 is 25.7. The molecule has 8 nitrogen and oxygen atoms in total. The highest BCUT2D eigenvalue weighted by atomic mass is 19.1. The van der Waals surface area contributed by atoms with Crippen molar-refractivity contribution in [3.05, 3.63) is 59.4 Å². The number of nitrogens with two attached hydrogens (primary N) is 1. The van der Waals surface area contributed by atoms with Crippen molar-refractivity contribution in [1.29, 1.82) is 0 Å². The fourth-order valence-electron chi connectivity index (χ4n) is 3.78. The smallest absolute Gasteiger partial charge is 0.262 e. The molecule has 0 aliphatic carbocycles. The number of piperidine rings is 1. The van der Waals surface area contributed by atoms with Gasteiger partial charge < -0.3 is 30.7 Å². The van der Waals surface area contributed by atoms with E-state index in [0.717, 1.165) is 30.4 Å². The quantitative estimate of drug-likeness (QED) is 0.661. The molecule has 1 aromatic carbocycles. The number of likely N-dealkylation sites (tertiary alicyclic amines) is 1. The van der Waals surface area contributed by atoms with Crippen molar-refractivity contribution < 1.29 is 23.5 Å². The molecule has 0 radical (unpaired) electrons. The van der Waals surface area contributed by atoms with Gasteiger partial charge in [-0.2, -0.15) is 0 Å². The zero-order chi connectivity index (χ0) is 21.8. The maximum atomic E-state index is 14.5. The molecule has 2 amide bonds. The maximum absolute atomic E-state index is 14.5. The van der Waals surface area contributed by atoms with Crippen LogP contribution in [-0.2, 0) is 9.53 Å². The van der Waals surface area contributed by atoms with Gasteiger partial charge in [0.1, 0.15) is 17.3 Å². The van der Waals surface area contributed by atoms with E-state index in [1.54, 1.807) is 4.90 Å². The molecule has 0 unspecified atom stereocenters. The third-order valence-electron chi connectivity index (χ3n) is 5.48. The van der Waals surface area contributed by atoms with Crippen molar-refractivity contribution in [2.24, 2.45) is 11.7 Å². The minimum Gasteiger partial charge on any atom is -0.491 e. The van der Waals surface area contributed by atoms with Crippen molar-refractivity contribution in [1.82, 2.24) is 10.2 Å². The summed E-state index contributed by atoms with van der Waals surface area (Å²) in [4.78, 5) is 26.0. The van der Waals surface area contributed by atoms with Gasteiger partial charge in [-0.25, -0.2) is 4.39 Å². The van der Waals surface area contributed by atoms with E-state index in [1.807, 2.05) is 24.4 Å². The van der Waals surface area contributed by atoms with Gasteiger partial charge in [0.25, 0.3) is 11.8 Å².